The second kappa shape index (κ2) is 10.7. The second-order valence-corrected chi connectivity index (χ2v) is 9.63. The van der Waals surface area contributed by atoms with Crippen LogP contribution in [0.5, 0.6) is 0 Å². The van der Waals surface area contributed by atoms with Gasteiger partial charge in [-0.1, -0.05) is 13.8 Å². The Labute approximate surface area is 176 Å². The maximum absolute atomic E-state index is 12.6. The zero-order valence-electron chi connectivity index (χ0n) is 19.3. The molecule has 29 heavy (non-hydrogen) atoms. The summed E-state index contributed by atoms with van der Waals surface area (Å²) in [5.74, 6) is 0.138. The Hall–Kier alpha value is -1.22. The van der Waals surface area contributed by atoms with Crippen LogP contribution in [-0.2, 0) is 9.59 Å². The number of nitrogens with zero attached hydrogens (tertiary/aromatic N) is 4. The van der Waals surface area contributed by atoms with Gasteiger partial charge in [0.2, 0.25) is 11.8 Å². The van der Waals surface area contributed by atoms with Crippen LogP contribution in [0.1, 0.15) is 27.7 Å². The number of nitrogens with one attached hydrogen (secondary N) is 2. The summed E-state index contributed by atoms with van der Waals surface area (Å²) in [5.41, 5.74) is -0.199. The number of hydrogen-bond donors (Lipinski definition) is 2. The first kappa shape index (κ1) is 24.1. The summed E-state index contributed by atoms with van der Waals surface area (Å²) in [6, 6.07) is -0.238. The minimum absolute atomic E-state index is 0.0692. The fourth-order valence-electron chi connectivity index (χ4n) is 3.76. The van der Waals surface area contributed by atoms with Gasteiger partial charge in [-0.3, -0.25) is 19.4 Å². The SMILES string of the molecule is CC(C(=O)NCC(C)(C)CNC(=O)C(C)N1CCN(C)CC1)N1CCN(C)CC1. The zero-order valence-corrected chi connectivity index (χ0v) is 19.3. The number of amides is 2. The van der Waals surface area contributed by atoms with E-state index in [4.69, 9.17) is 0 Å². The third-order valence-corrected chi connectivity index (χ3v) is 6.41. The predicted molar refractivity (Wildman–Crippen MR) is 117 cm³/mol. The highest BCUT2D eigenvalue weighted by molar-refractivity contribution is 5.82. The van der Waals surface area contributed by atoms with Gasteiger partial charge < -0.3 is 20.4 Å². The van der Waals surface area contributed by atoms with Crippen molar-refractivity contribution in [2.24, 2.45) is 5.41 Å². The Bertz CT molecular complexity index is 493. The molecular weight excluding hydrogens is 368 g/mol. The molecule has 0 aromatic rings. The minimum Gasteiger partial charge on any atom is -0.354 e. The predicted octanol–water partition coefficient (Wildman–Crippen LogP) is -0.483. The maximum atomic E-state index is 12.6. The van der Waals surface area contributed by atoms with Gasteiger partial charge in [-0.2, -0.15) is 0 Å². The molecule has 2 saturated heterocycles. The number of piperazine rings is 2. The molecule has 2 aliphatic rings. The van der Waals surface area contributed by atoms with Crippen LogP contribution in [0.3, 0.4) is 0 Å². The van der Waals surface area contributed by atoms with Crippen LogP contribution >= 0.6 is 0 Å². The van der Waals surface area contributed by atoms with Crippen LogP contribution < -0.4 is 10.6 Å². The van der Waals surface area contributed by atoms with Gasteiger partial charge in [0.1, 0.15) is 0 Å². The highest BCUT2D eigenvalue weighted by Crippen LogP contribution is 2.13. The van der Waals surface area contributed by atoms with Crippen LogP contribution in [-0.4, -0.2) is 123 Å². The van der Waals surface area contributed by atoms with E-state index >= 15 is 0 Å². The third-order valence-electron chi connectivity index (χ3n) is 6.41. The normalized spacial score (nSPS) is 22.8. The van der Waals surface area contributed by atoms with E-state index in [1.54, 1.807) is 0 Å². The van der Waals surface area contributed by atoms with E-state index in [-0.39, 0.29) is 29.3 Å². The molecule has 2 amide bonds. The van der Waals surface area contributed by atoms with Gasteiger partial charge in [0.25, 0.3) is 0 Å². The van der Waals surface area contributed by atoms with Crippen LogP contribution in [0.4, 0.5) is 0 Å². The quantitative estimate of drug-likeness (QED) is 0.563. The molecule has 2 unspecified atom stereocenters. The number of rotatable bonds is 8. The first-order valence-electron chi connectivity index (χ1n) is 11.0. The molecule has 2 atom stereocenters. The molecule has 0 radical (unpaired) electrons. The van der Waals surface area contributed by atoms with Crippen molar-refractivity contribution in [3.8, 4) is 0 Å². The van der Waals surface area contributed by atoms with Crippen molar-refractivity contribution in [2.75, 3.05) is 79.5 Å². The summed E-state index contributed by atoms with van der Waals surface area (Å²) >= 11 is 0. The maximum Gasteiger partial charge on any atom is 0.237 e. The zero-order chi connectivity index (χ0) is 21.6. The van der Waals surface area contributed by atoms with Gasteiger partial charge >= 0.3 is 0 Å². The van der Waals surface area contributed by atoms with E-state index in [0.717, 1.165) is 52.4 Å². The molecule has 2 heterocycles. The standard InChI is InChI=1S/C21H42N6O2/c1-17(26-11-7-24(5)8-12-26)19(28)22-15-21(3,4)16-23-20(29)18(2)27-13-9-25(6)10-14-27/h17-18H,7-16H2,1-6H3,(H,22,28)(H,23,29). The number of hydrogen-bond acceptors (Lipinski definition) is 6. The Kier molecular flexibility index (Phi) is 8.88. The average molecular weight is 411 g/mol. The Morgan fingerprint density at radius 1 is 0.724 bits per heavy atom. The van der Waals surface area contributed by atoms with Crippen molar-refractivity contribution >= 4 is 11.8 Å². The first-order chi connectivity index (χ1) is 13.6. The lowest BCUT2D eigenvalue weighted by molar-refractivity contribution is -0.127. The van der Waals surface area contributed by atoms with Crippen molar-refractivity contribution in [1.29, 1.82) is 0 Å². The highest BCUT2D eigenvalue weighted by Gasteiger charge is 2.28. The fraction of sp³-hybridized carbons (Fsp3) is 0.905. The van der Waals surface area contributed by atoms with Gasteiger partial charge in [-0.15, -0.1) is 0 Å². The minimum atomic E-state index is -0.199. The number of likely N-dealkylation sites (N-methyl/N-ethyl adjacent to an activating group) is 2. The Balaban J connectivity index is 1.71. The van der Waals surface area contributed by atoms with Crippen molar-refractivity contribution < 1.29 is 9.59 Å². The molecule has 0 spiro atoms. The van der Waals surface area contributed by atoms with Crippen molar-refractivity contribution in [1.82, 2.24) is 30.2 Å². The molecule has 2 N–H and O–H groups in total. The van der Waals surface area contributed by atoms with Crippen molar-refractivity contribution in [2.45, 2.75) is 39.8 Å². The summed E-state index contributed by atoms with van der Waals surface area (Å²) in [4.78, 5) is 34.2. The topological polar surface area (TPSA) is 71.2 Å². The molecule has 168 valence electrons. The molecule has 0 aromatic carbocycles. The van der Waals surface area contributed by atoms with Gasteiger partial charge in [0.15, 0.2) is 0 Å². The van der Waals surface area contributed by atoms with Gasteiger partial charge in [0, 0.05) is 65.4 Å². The van der Waals surface area contributed by atoms with E-state index in [0.29, 0.717) is 13.1 Å². The summed E-state index contributed by atoms with van der Waals surface area (Å²) < 4.78 is 0. The van der Waals surface area contributed by atoms with E-state index in [1.165, 1.54) is 0 Å². The van der Waals surface area contributed by atoms with E-state index in [1.807, 2.05) is 13.8 Å². The summed E-state index contributed by atoms with van der Waals surface area (Å²) in [6.07, 6.45) is 0. The lowest BCUT2D eigenvalue weighted by Crippen LogP contribution is -2.55. The summed E-state index contributed by atoms with van der Waals surface area (Å²) in [7, 11) is 4.23. The van der Waals surface area contributed by atoms with E-state index in [9.17, 15) is 9.59 Å². The number of carbonyl (C=O) groups is 2. The van der Waals surface area contributed by atoms with E-state index in [2.05, 4.69) is 58.2 Å². The lowest BCUT2D eigenvalue weighted by Gasteiger charge is -2.37. The molecule has 2 aliphatic heterocycles. The molecule has 0 saturated carbocycles. The molecule has 0 aromatic heterocycles. The molecule has 0 bridgehead atoms. The third kappa shape index (κ3) is 7.51. The monoisotopic (exact) mass is 410 g/mol. The molecule has 8 nitrogen and oxygen atoms in total. The summed E-state index contributed by atoms with van der Waals surface area (Å²) in [5, 5.41) is 6.18. The largest absolute Gasteiger partial charge is 0.354 e. The number of carbonyl (C=O) groups excluding carboxylic acids is 2. The second-order valence-electron chi connectivity index (χ2n) is 9.63. The van der Waals surface area contributed by atoms with Gasteiger partial charge in [-0.05, 0) is 33.4 Å². The van der Waals surface area contributed by atoms with Crippen LogP contribution in [0.25, 0.3) is 0 Å². The molecular formula is C21H42N6O2. The Morgan fingerprint density at radius 2 is 1.03 bits per heavy atom. The van der Waals surface area contributed by atoms with Crippen LogP contribution in [0, 0.1) is 5.41 Å². The van der Waals surface area contributed by atoms with Gasteiger partial charge in [-0.25, -0.2) is 0 Å². The highest BCUT2D eigenvalue weighted by atomic mass is 16.2. The van der Waals surface area contributed by atoms with E-state index < -0.39 is 0 Å². The fourth-order valence-corrected chi connectivity index (χ4v) is 3.76. The first-order valence-corrected chi connectivity index (χ1v) is 11.0. The summed E-state index contributed by atoms with van der Waals surface area (Å²) in [6.45, 7) is 16.9. The van der Waals surface area contributed by atoms with Crippen molar-refractivity contribution in [3.63, 3.8) is 0 Å². The Morgan fingerprint density at radius 3 is 1.34 bits per heavy atom. The molecule has 2 fully saturated rings. The molecule has 8 heteroatoms. The lowest BCUT2D eigenvalue weighted by atomic mass is 9.93. The van der Waals surface area contributed by atoms with Crippen LogP contribution in [0.2, 0.25) is 0 Å². The average Bonchev–Trinajstić information content (AvgIpc) is 2.70. The molecule has 0 aliphatic carbocycles. The van der Waals surface area contributed by atoms with Crippen molar-refractivity contribution in [3.05, 3.63) is 0 Å². The van der Waals surface area contributed by atoms with Gasteiger partial charge in [0.05, 0.1) is 12.1 Å². The van der Waals surface area contributed by atoms with Crippen LogP contribution in [0.15, 0.2) is 0 Å². The smallest absolute Gasteiger partial charge is 0.237 e. The molecule has 2 rings (SSSR count).